The Bertz CT molecular complexity index is 616. The zero-order valence-corrected chi connectivity index (χ0v) is 13.1. The molecule has 2 atom stereocenters. The molecule has 2 saturated heterocycles. The van der Waals surface area contributed by atoms with Gasteiger partial charge < -0.3 is 19.3 Å². The average molecular weight is 316 g/mol. The number of benzene rings is 1. The molecule has 122 valence electrons. The van der Waals surface area contributed by atoms with E-state index in [9.17, 15) is 9.59 Å². The van der Waals surface area contributed by atoms with Crippen molar-refractivity contribution in [3.05, 3.63) is 48.2 Å². The number of rotatable bonds is 5. The summed E-state index contributed by atoms with van der Waals surface area (Å²) in [7, 11) is 1.52. The van der Waals surface area contributed by atoms with Crippen molar-refractivity contribution in [2.45, 2.75) is 25.1 Å². The van der Waals surface area contributed by atoms with E-state index in [0.29, 0.717) is 31.8 Å². The molecule has 1 aromatic rings. The van der Waals surface area contributed by atoms with E-state index < -0.39 is 12.2 Å². The van der Waals surface area contributed by atoms with E-state index in [-0.39, 0.29) is 11.9 Å². The van der Waals surface area contributed by atoms with Crippen LogP contribution in [0.2, 0.25) is 0 Å². The highest BCUT2D eigenvalue weighted by Crippen LogP contribution is 2.27. The molecule has 0 aliphatic carbocycles. The van der Waals surface area contributed by atoms with Crippen LogP contribution in [0.15, 0.2) is 42.7 Å². The SMILES string of the molecule is C=C1CCN(C[C@H]2[C@@H](OC)C(=O)N2Cc2ccccc2)C(=O)O1. The van der Waals surface area contributed by atoms with Gasteiger partial charge >= 0.3 is 6.09 Å². The van der Waals surface area contributed by atoms with Gasteiger partial charge in [-0.25, -0.2) is 4.79 Å². The molecule has 23 heavy (non-hydrogen) atoms. The Morgan fingerprint density at radius 2 is 2.04 bits per heavy atom. The second-order valence-electron chi connectivity index (χ2n) is 5.78. The van der Waals surface area contributed by atoms with Crippen LogP contribution in [0.25, 0.3) is 0 Å². The number of nitrogens with zero attached hydrogens (tertiary/aromatic N) is 2. The summed E-state index contributed by atoms with van der Waals surface area (Å²) in [6.07, 6.45) is -0.297. The summed E-state index contributed by atoms with van der Waals surface area (Å²) >= 11 is 0. The van der Waals surface area contributed by atoms with Crippen LogP contribution in [-0.2, 0) is 20.8 Å². The topological polar surface area (TPSA) is 59.1 Å². The molecule has 0 aromatic heterocycles. The van der Waals surface area contributed by atoms with Gasteiger partial charge in [-0.1, -0.05) is 36.9 Å². The van der Waals surface area contributed by atoms with E-state index in [2.05, 4.69) is 6.58 Å². The highest BCUT2D eigenvalue weighted by atomic mass is 16.6. The van der Waals surface area contributed by atoms with Crippen LogP contribution >= 0.6 is 0 Å². The molecule has 3 rings (SSSR count). The lowest BCUT2D eigenvalue weighted by atomic mass is 9.95. The molecule has 0 bridgehead atoms. The summed E-state index contributed by atoms with van der Waals surface area (Å²) in [6, 6.07) is 9.61. The van der Waals surface area contributed by atoms with Crippen molar-refractivity contribution >= 4 is 12.0 Å². The Morgan fingerprint density at radius 1 is 1.30 bits per heavy atom. The van der Waals surface area contributed by atoms with Crippen LogP contribution in [0.4, 0.5) is 4.79 Å². The first-order chi connectivity index (χ1) is 11.1. The Kier molecular flexibility index (Phi) is 4.34. The first-order valence-corrected chi connectivity index (χ1v) is 7.62. The number of hydrogen-bond donors (Lipinski definition) is 0. The fourth-order valence-corrected chi connectivity index (χ4v) is 2.98. The number of carbonyl (C=O) groups is 2. The number of likely N-dealkylation sites (tertiary alicyclic amines) is 1. The lowest BCUT2D eigenvalue weighted by Gasteiger charge is -2.48. The number of methoxy groups -OCH3 is 1. The molecule has 6 nitrogen and oxygen atoms in total. The van der Waals surface area contributed by atoms with Crippen molar-refractivity contribution in [3.8, 4) is 0 Å². The van der Waals surface area contributed by atoms with Gasteiger partial charge in [0.05, 0.1) is 6.04 Å². The molecular weight excluding hydrogens is 296 g/mol. The summed E-state index contributed by atoms with van der Waals surface area (Å²) < 4.78 is 10.4. The summed E-state index contributed by atoms with van der Waals surface area (Å²) in [5.41, 5.74) is 1.05. The zero-order chi connectivity index (χ0) is 16.4. The summed E-state index contributed by atoms with van der Waals surface area (Å²) in [5.74, 6) is 0.441. The summed E-state index contributed by atoms with van der Waals surface area (Å²) in [5, 5.41) is 0. The molecule has 0 unspecified atom stereocenters. The van der Waals surface area contributed by atoms with Gasteiger partial charge in [-0.2, -0.15) is 0 Å². The van der Waals surface area contributed by atoms with Crippen molar-refractivity contribution in [2.24, 2.45) is 0 Å². The van der Waals surface area contributed by atoms with Crippen molar-refractivity contribution in [1.82, 2.24) is 9.80 Å². The lowest BCUT2D eigenvalue weighted by molar-refractivity contribution is -0.173. The Balaban J connectivity index is 1.68. The maximum absolute atomic E-state index is 12.2. The molecule has 2 fully saturated rings. The van der Waals surface area contributed by atoms with E-state index in [4.69, 9.17) is 9.47 Å². The maximum Gasteiger partial charge on any atom is 0.414 e. The number of amides is 2. The van der Waals surface area contributed by atoms with E-state index >= 15 is 0 Å². The number of cyclic esters (lactones) is 1. The van der Waals surface area contributed by atoms with Gasteiger partial charge in [0.15, 0.2) is 6.10 Å². The van der Waals surface area contributed by atoms with Gasteiger partial charge in [0.2, 0.25) is 0 Å². The minimum absolute atomic E-state index is 0.0452. The number of β-lactam (4-membered cyclic amide) rings is 1. The standard InChI is InChI=1S/C17H20N2O4/c1-12-8-9-18(17(21)23-12)11-14-15(22-2)16(20)19(14)10-13-6-4-3-5-7-13/h3-7,14-15H,1,8-11H2,2H3/t14-,15+/m0/s1. The fraction of sp³-hybridized carbons (Fsp3) is 0.412. The van der Waals surface area contributed by atoms with E-state index in [0.717, 1.165) is 5.56 Å². The Labute approximate surface area is 135 Å². The highest BCUT2D eigenvalue weighted by Gasteiger charge is 2.48. The second-order valence-corrected chi connectivity index (χ2v) is 5.78. The van der Waals surface area contributed by atoms with Crippen molar-refractivity contribution < 1.29 is 19.1 Å². The molecule has 0 radical (unpaired) electrons. The molecule has 0 spiro atoms. The number of ether oxygens (including phenoxy) is 2. The molecule has 1 aromatic carbocycles. The molecule has 2 heterocycles. The largest absolute Gasteiger partial charge is 0.415 e. The van der Waals surface area contributed by atoms with Gasteiger partial charge in [0.25, 0.3) is 5.91 Å². The van der Waals surface area contributed by atoms with Crippen LogP contribution in [0.5, 0.6) is 0 Å². The van der Waals surface area contributed by atoms with Crippen molar-refractivity contribution in [2.75, 3.05) is 20.2 Å². The molecule has 0 N–H and O–H groups in total. The second kappa shape index (κ2) is 6.42. The van der Waals surface area contributed by atoms with E-state index in [1.165, 1.54) is 7.11 Å². The van der Waals surface area contributed by atoms with Crippen molar-refractivity contribution in [1.29, 1.82) is 0 Å². The first kappa shape index (κ1) is 15.6. The molecule has 2 aliphatic rings. The third-order valence-electron chi connectivity index (χ3n) is 4.28. The molecule has 2 amide bonds. The Hall–Kier alpha value is -2.34. The molecule has 0 saturated carbocycles. The smallest absolute Gasteiger partial charge is 0.414 e. The van der Waals surface area contributed by atoms with Crippen LogP contribution in [0, 0.1) is 0 Å². The molecule has 2 aliphatic heterocycles. The van der Waals surface area contributed by atoms with Crippen molar-refractivity contribution in [3.63, 3.8) is 0 Å². The third-order valence-corrected chi connectivity index (χ3v) is 4.28. The minimum atomic E-state index is -0.503. The highest BCUT2D eigenvalue weighted by molar-refractivity contribution is 5.88. The van der Waals surface area contributed by atoms with Gasteiger partial charge in [-0.15, -0.1) is 0 Å². The summed E-state index contributed by atoms with van der Waals surface area (Å²) in [6.45, 7) is 5.14. The van der Waals surface area contributed by atoms with Gasteiger partial charge in [0, 0.05) is 33.2 Å². The van der Waals surface area contributed by atoms with Crippen LogP contribution < -0.4 is 0 Å². The number of hydrogen-bond acceptors (Lipinski definition) is 4. The minimum Gasteiger partial charge on any atom is -0.415 e. The predicted molar refractivity (Wildman–Crippen MR) is 83.4 cm³/mol. The normalized spacial score (nSPS) is 24.5. The van der Waals surface area contributed by atoms with Crippen LogP contribution in [0.1, 0.15) is 12.0 Å². The van der Waals surface area contributed by atoms with Crippen LogP contribution in [0.3, 0.4) is 0 Å². The van der Waals surface area contributed by atoms with Gasteiger partial charge in [-0.3, -0.25) is 4.79 Å². The van der Waals surface area contributed by atoms with Gasteiger partial charge in [0.1, 0.15) is 5.76 Å². The predicted octanol–water partition coefficient (Wildman–Crippen LogP) is 1.77. The fourth-order valence-electron chi connectivity index (χ4n) is 2.98. The average Bonchev–Trinajstić information content (AvgIpc) is 2.55. The zero-order valence-electron chi connectivity index (χ0n) is 13.1. The molecular formula is C17H20N2O4. The van der Waals surface area contributed by atoms with Gasteiger partial charge in [-0.05, 0) is 5.56 Å². The summed E-state index contributed by atoms with van der Waals surface area (Å²) in [4.78, 5) is 27.5. The lowest BCUT2D eigenvalue weighted by Crippen LogP contribution is -2.68. The third kappa shape index (κ3) is 3.07. The monoisotopic (exact) mass is 316 g/mol. The molecule has 6 heteroatoms. The quantitative estimate of drug-likeness (QED) is 0.777. The first-order valence-electron chi connectivity index (χ1n) is 7.62. The van der Waals surface area contributed by atoms with E-state index in [1.807, 2.05) is 30.3 Å². The van der Waals surface area contributed by atoms with Crippen LogP contribution in [-0.4, -0.2) is 54.1 Å². The Morgan fingerprint density at radius 3 is 2.70 bits per heavy atom. The van der Waals surface area contributed by atoms with E-state index in [1.54, 1.807) is 9.80 Å². The maximum atomic E-state index is 12.2. The number of carbonyl (C=O) groups excluding carboxylic acids is 2.